The molecule has 1 aromatic carbocycles. The van der Waals surface area contributed by atoms with Crippen molar-refractivity contribution in [1.29, 1.82) is 0 Å². The van der Waals surface area contributed by atoms with Gasteiger partial charge in [0.15, 0.2) is 5.41 Å². The largest absolute Gasteiger partial charge is 0.330 e. The quantitative estimate of drug-likeness (QED) is 0.706. The Kier molecular flexibility index (Phi) is 6.50. The van der Waals surface area contributed by atoms with E-state index in [9.17, 15) is 14.4 Å². The van der Waals surface area contributed by atoms with Crippen molar-refractivity contribution in [2.45, 2.75) is 69.7 Å². The van der Waals surface area contributed by atoms with Crippen molar-refractivity contribution in [1.82, 2.24) is 10.2 Å². The molecule has 152 valence electrons. The SMILES string of the molecule is CC[C@@]1(c2ccccc2)C(=O)NC(=O)N(CC(N)CCC2CCCCC2)C1=O. The van der Waals surface area contributed by atoms with Gasteiger partial charge in [-0.05, 0) is 30.7 Å². The first kappa shape index (κ1) is 20.5. The van der Waals surface area contributed by atoms with Crippen molar-refractivity contribution >= 4 is 17.8 Å². The van der Waals surface area contributed by atoms with Crippen LogP contribution in [-0.4, -0.2) is 35.3 Å². The molecule has 0 aromatic heterocycles. The molecule has 0 bridgehead atoms. The molecule has 4 amide bonds. The normalized spacial score (nSPS) is 24.9. The second-order valence-electron chi connectivity index (χ2n) is 8.14. The lowest BCUT2D eigenvalue weighted by atomic mass is 9.74. The molecule has 3 N–H and O–H groups in total. The Morgan fingerprint density at radius 2 is 1.82 bits per heavy atom. The molecule has 0 spiro atoms. The number of nitrogens with zero attached hydrogens (tertiary/aromatic N) is 1. The third kappa shape index (κ3) is 3.97. The lowest BCUT2D eigenvalue weighted by molar-refractivity contribution is -0.145. The average Bonchev–Trinajstić information content (AvgIpc) is 2.72. The van der Waals surface area contributed by atoms with Crippen LogP contribution in [0.15, 0.2) is 30.3 Å². The summed E-state index contributed by atoms with van der Waals surface area (Å²) >= 11 is 0. The summed E-state index contributed by atoms with van der Waals surface area (Å²) in [5, 5.41) is 2.38. The van der Waals surface area contributed by atoms with E-state index in [1.165, 1.54) is 32.1 Å². The highest BCUT2D eigenvalue weighted by molar-refractivity contribution is 6.22. The maximum Gasteiger partial charge on any atom is 0.330 e. The first-order valence-electron chi connectivity index (χ1n) is 10.5. The molecule has 2 atom stereocenters. The standard InChI is InChI=1S/C22H31N3O3/c1-2-22(17-11-7-4-8-12-17)19(26)24-21(28)25(20(22)27)15-18(23)14-13-16-9-5-3-6-10-16/h4,7-8,11-12,16,18H,2-3,5-6,9-10,13-15,23H2,1H3,(H,24,26,28)/t18?,22-/m1/s1. The summed E-state index contributed by atoms with van der Waals surface area (Å²) in [6.45, 7) is 1.93. The second kappa shape index (κ2) is 8.86. The van der Waals surface area contributed by atoms with E-state index in [1.54, 1.807) is 31.2 Å². The minimum atomic E-state index is -1.38. The fourth-order valence-electron chi connectivity index (χ4n) is 4.60. The van der Waals surface area contributed by atoms with Crippen LogP contribution in [0.5, 0.6) is 0 Å². The maximum absolute atomic E-state index is 13.3. The van der Waals surface area contributed by atoms with E-state index in [0.29, 0.717) is 11.5 Å². The third-order valence-corrected chi connectivity index (χ3v) is 6.35. The summed E-state index contributed by atoms with van der Waals surface area (Å²) in [7, 11) is 0. The molecule has 1 aromatic rings. The number of hydrogen-bond acceptors (Lipinski definition) is 4. The van der Waals surface area contributed by atoms with Crippen LogP contribution in [0.1, 0.15) is 63.9 Å². The molecular weight excluding hydrogens is 354 g/mol. The highest BCUT2D eigenvalue weighted by Crippen LogP contribution is 2.34. The monoisotopic (exact) mass is 385 g/mol. The van der Waals surface area contributed by atoms with Crippen LogP contribution in [0.3, 0.4) is 0 Å². The van der Waals surface area contributed by atoms with Crippen LogP contribution < -0.4 is 11.1 Å². The first-order chi connectivity index (χ1) is 13.5. The van der Waals surface area contributed by atoms with Crippen LogP contribution in [-0.2, 0) is 15.0 Å². The molecular formula is C22H31N3O3. The molecule has 1 saturated carbocycles. The fraction of sp³-hybridized carbons (Fsp3) is 0.591. The van der Waals surface area contributed by atoms with E-state index < -0.39 is 23.3 Å². The lowest BCUT2D eigenvalue weighted by Gasteiger charge is -2.40. The Labute approximate surface area is 166 Å². The number of rotatable bonds is 7. The molecule has 2 fully saturated rings. The minimum Gasteiger partial charge on any atom is -0.326 e. The molecule has 6 nitrogen and oxygen atoms in total. The molecule has 3 rings (SSSR count). The maximum atomic E-state index is 13.3. The summed E-state index contributed by atoms with van der Waals surface area (Å²) in [6, 6.07) is 8.00. The zero-order valence-electron chi connectivity index (χ0n) is 16.7. The fourth-order valence-corrected chi connectivity index (χ4v) is 4.60. The summed E-state index contributed by atoms with van der Waals surface area (Å²) in [5.41, 5.74) is 5.52. The molecule has 2 aliphatic rings. The average molecular weight is 386 g/mol. The van der Waals surface area contributed by atoms with E-state index in [-0.39, 0.29) is 19.0 Å². The van der Waals surface area contributed by atoms with Crippen molar-refractivity contribution < 1.29 is 14.4 Å². The van der Waals surface area contributed by atoms with E-state index in [4.69, 9.17) is 5.73 Å². The second-order valence-corrected chi connectivity index (χ2v) is 8.14. The van der Waals surface area contributed by atoms with Crippen LogP contribution in [0.25, 0.3) is 0 Å². The lowest BCUT2D eigenvalue weighted by Crippen LogP contribution is -2.67. The Morgan fingerprint density at radius 3 is 2.46 bits per heavy atom. The molecule has 28 heavy (non-hydrogen) atoms. The molecule has 1 heterocycles. The Hall–Kier alpha value is -2.21. The van der Waals surface area contributed by atoms with Crippen molar-refractivity contribution in [2.24, 2.45) is 11.7 Å². The Balaban J connectivity index is 1.72. The number of carbonyl (C=O) groups excluding carboxylic acids is 3. The Bertz CT molecular complexity index is 715. The van der Waals surface area contributed by atoms with E-state index in [1.807, 2.05) is 6.07 Å². The van der Waals surface area contributed by atoms with Gasteiger partial charge in [-0.15, -0.1) is 0 Å². The van der Waals surface area contributed by atoms with Crippen molar-refractivity contribution in [2.75, 3.05) is 6.54 Å². The summed E-state index contributed by atoms with van der Waals surface area (Å²) in [4.78, 5) is 39.6. The number of carbonyl (C=O) groups is 3. The predicted octanol–water partition coefficient (Wildman–Crippen LogP) is 3.10. The topological polar surface area (TPSA) is 92.5 Å². The van der Waals surface area contributed by atoms with Gasteiger partial charge in [-0.2, -0.15) is 0 Å². The third-order valence-electron chi connectivity index (χ3n) is 6.35. The smallest absolute Gasteiger partial charge is 0.326 e. The van der Waals surface area contributed by atoms with Gasteiger partial charge < -0.3 is 5.73 Å². The van der Waals surface area contributed by atoms with E-state index in [2.05, 4.69) is 5.32 Å². The van der Waals surface area contributed by atoms with E-state index >= 15 is 0 Å². The number of amides is 4. The predicted molar refractivity (Wildman–Crippen MR) is 107 cm³/mol. The van der Waals surface area contributed by atoms with Crippen LogP contribution in [0.4, 0.5) is 4.79 Å². The van der Waals surface area contributed by atoms with Gasteiger partial charge in [0.2, 0.25) is 5.91 Å². The zero-order valence-corrected chi connectivity index (χ0v) is 16.7. The summed E-state index contributed by atoms with van der Waals surface area (Å²) in [5.74, 6) is -0.322. The van der Waals surface area contributed by atoms with Crippen LogP contribution >= 0.6 is 0 Å². The number of hydrogen-bond donors (Lipinski definition) is 2. The number of nitrogens with one attached hydrogen (secondary N) is 1. The molecule has 1 unspecified atom stereocenters. The van der Waals surface area contributed by atoms with Gasteiger partial charge in [0.1, 0.15) is 0 Å². The van der Waals surface area contributed by atoms with Crippen molar-refractivity contribution in [3.63, 3.8) is 0 Å². The summed E-state index contributed by atoms with van der Waals surface area (Å²) in [6.07, 6.45) is 8.47. The van der Waals surface area contributed by atoms with Gasteiger partial charge in [0.05, 0.1) is 0 Å². The van der Waals surface area contributed by atoms with Crippen molar-refractivity contribution in [3.05, 3.63) is 35.9 Å². The van der Waals surface area contributed by atoms with Gasteiger partial charge in [-0.3, -0.25) is 19.8 Å². The van der Waals surface area contributed by atoms with Gasteiger partial charge >= 0.3 is 6.03 Å². The molecule has 6 heteroatoms. The number of benzene rings is 1. The van der Waals surface area contributed by atoms with Crippen LogP contribution in [0.2, 0.25) is 0 Å². The number of barbiturate groups is 1. The Morgan fingerprint density at radius 1 is 1.14 bits per heavy atom. The molecule has 0 radical (unpaired) electrons. The van der Waals surface area contributed by atoms with Gasteiger partial charge in [-0.25, -0.2) is 4.79 Å². The molecule has 1 aliphatic heterocycles. The van der Waals surface area contributed by atoms with Crippen LogP contribution in [0, 0.1) is 5.92 Å². The minimum absolute atomic E-state index is 0.138. The first-order valence-corrected chi connectivity index (χ1v) is 10.5. The van der Waals surface area contributed by atoms with Gasteiger partial charge in [0.25, 0.3) is 5.91 Å². The van der Waals surface area contributed by atoms with E-state index in [0.717, 1.165) is 17.7 Å². The zero-order chi connectivity index (χ0) is 20.1. The van der Waals surface area contributed by atoms with Gasteiger partial charge in [-0.1, -0.05) is 69.4 Å². The highest BCUT2D eigenvalue weighted by Gasteiger charge is 2.53. The summed E-state index contributed by atoms with van der Waals surface area (Å²) < 4.78 is 0. The number of imide groups is 2. The molecule has 1 aliphatic carbocycles. The highest BCUT2D eigenvalue weighted by atomic mass is 16.2. The number of nitrogens with two attached hydrogens (primary N) is 1. The van der Waals surface area contributed by atoms with Gasteiger partial charge in [0, 0.05) is 12.6 Å². The molecule has 1 saturated heterocycles. The van der Waals surface area contributed by atoms with Crippen molar-refractivity contribution in [3.8, 4) is 0 Å². The number of urea groups is 1.